The molecule has 4 nitrogen and oxygen atoms in total. The second-order valence-electron chi connectivity index (χ2n) is 4.44. The summed E-state index contributed by atoms with van der Waals surface area (Å²) in [5.74, 6) is -1.69. The van der Waals surface area contributed by atoms with E-state index in [9.17, 15) is 9.59 Å². The van der Waals surface area contributed by atoms with Crippen molar-refractivity contribution in [2.45, 2.75) is 13.8 Å². The predicted octanol–water partition coefficient (Wildman–Crippen LogP) is 2.02. The average molecular weight is 247 g/mol. The van der Waals surface area contributed by atoms with Crippen LogP contribution in [0.15, 0.2) is 30.0 Å². The first-order chi connectivity index (χ1) is 8.32. The van der Waals surface area contributed by atoms with Crippen LogP contribution < -0.4 is 0 Å². The number of carbonyl (C=O) groups excluding carboxylic acids is 1. The molecule has 0 aromatic heterocycles. The Morgan fingerprint density at radius 1 is 1.17 bits per heavy atom. The Morgan fingerprint density at radius 2 is 1.78 bits per heavy atom. The number of rotatable bonds is 4. The van der Waals surface area contributed by atoms with Gasteiger partial charge in [-0.3, -0.25) is 4.79 Å². The first-order valence-electron chi connectivity index (χ1n) is 5.56. The lowest BCUT2D eigenvalue weighted by Gasteiger charge is -2.09. The van der Waals surface area contributed by atoms with Gasteiger partial charge >= 0.3 is 5.97 Å². The summed E-state index contributed by atoms with van der Waals surface area (Å²) in [6.45, 7) is 3.83. The van der Waals surface area contributed by atoms with Gasteiger partial charge < -0.3 is 10.0 Å². The molecule has 0 fully saturated rings. The maximum Gasteiger partial charge on any atom is 0.341 e. The van der Waals surface area contributed by atoms with Crippen molar-refractivity contribution in [1.29, 1.82) is 0 Å². The summed E-state index contributed by atoms with van der Waals surface area (Å²) in [5.41, 5.74) is 2.20. The summed E-state index contributed by atoms with van der Waals surface area (Å²) >= 11 is 0. The van der Waals surface area contributed by atoms with Crippen molar-refractivity contribution in [3.05, 3.63) is 46.7 Å². The van der Waals surface area contributed by atoms with E-state index in [4.69, 9.17) is 5.11 Å². The molecule has 0 saturated carbocycles. The number of nitrogens with zero attached hydrogens (tertiary/aromatic N) is 1. The van der Waals surface area contributed by atoms with Crippen molar-refractivity contribution < 1.29 is 14.7 Å². The molecule has 1 aromatic rings. The molecular weight excluding hydrogens is 230 g/mol. The lowest BCUT2D eigenvalue weighted by atomic mass is 10.00. The molecule has 0 amide bonds. The molecule has 18 heavy (non-hydrogen) atoms. The minimum absolute atomic E-state index is 0.233. The van der Waals surface area contributed by atoms with E-state index >= 15 is 0 Å². The predicted molar refractivity (Wildman–Crippen MR) is 69.7 cm³/mol. The summed E-state index contributed by atoms with van der Waals surface area (Å²) in [7, 11) is 3.35. The average Bonchev–Trinajstić information content (AvgIpc) is 2.28. The van der Waals surface area contributed by atoms with Gasteiger partial charge in [0.25, 0.3) is 0 Å². The summed E-state index contributed by atoms with van der Waals surface area (Å²) in [6.07, 6.45) is 1.32. The molecule has 0 aliphatic rings. The monoisotopic (exact) mass is 247 g/mol. The number of hydrogen-bond donors (Lipinski definition) is 1. The number of ketones is 1. The summed E-state index contributed by atoms with van der Waals surface area (Å²) in [4.78, 5) is 24.7. The lowest BCUT2D eigenvalue weighted by Crippen LogP contribution is -2.16. The molecule has 0 saturated heterocycles. The highest BCUT2D eigenvalue weighted by Crippen LogP contribution is 2.14. The molecule has 0 aliphatic heterocycles. The van der Waals surface area contributed by atoms with E-state index in [0.717, 1.165) is 11.1 Å². The molecule has 4 heteroatoms. The number of carbonyl (C=O) groups is 2. The molecular formula is C14H17NO3. The van der Waals surface area contributed by atoms with Crippen LogP contribution in [0.5, 0.6) is 0 Å². The fourth-order valence-electron chi connectivity index (χ4n) is 1.51. The van der Waals surface area contributed by atoms with Crippen molar-refractivity contribution >= 4 is 11.8 Å². The standard InChI is InChI=1S/C14H17NO3/c1-9-5-6-11(7-10(9)2)13(16)12(14(17)18)8-15(3)4/h5-8H,1-4H3,(H,17,18)/b12-8-. The third kappa shape index (κ3) is 3.20. The molecule has 0 unspecified atom stereocenters. The quantitative estimate of drug-likeness (QED) is 0.383. The highest BCUT2D eigenvalue weighted by molar-refractivity contribution is 6.23. The topological polar surface area (TPSA) is 57.6 Å². The second kappa shape index (κ2) is 5.49. The van der Waals surface area contributed by atoms with Crippen LogP contribution in [0, 0.1) is 13.8 Å². The molecule has 0 bridgehead atoms. The van der Waals surface area contributed by atoms with Crippen LogP contribution in [0.4, 0.5) is 0 Å². The van der Waals surface area contributed by atoms with Crippen LogP contribution in [0.3, 0.4) is 0 Å². The number of Topliss-reactive ketones (excluding diaryl/α,β-unsaturated/α-hetero) is 1. The van der Waals surface area contributed by atoms with Crippen molar-refractivity contribution in [2.75, 3.05) is 14.1 Å². The molecule has 1 N–H and O–H groups in total. The Bertz CT molecular complexity index is 516. The molecule has 1 rings (SSSR count). The van der Waals surface area contributed by atoms with Gasteiger partial charge in [-0.2, -0.15) is 0 Å². The van der Waals surface area contributed by atoms with Gasteiger partial charge in [-0.05, 0) is 31.0 Å². The highest BCUT2D eigenvalue weighted by atomic mass is 16.4. The van der Waals surface area contributed by atoms with Crippen LogP contribution in [-0.2, 0) is 4.79 Å². The van der Waals surface area contributed by atoms with Gasteiger partial charge in [0.15, 0.2) is 0 Å². The number of carboxylic acids is 1. The molecule has 0 spiro atoms. The fourth-order valence-corrected chi connectivity index (χ4v) is 1.51. The Balaban J connectivity index is 3.18. The molecule has 1 aromatic carbocycles. The first-order valence-corrected chi connectivity index (χ1v) is 5.56. The summed E-state index contributed by atoms with van der Waals surface area (Å²) in [5, 5.41) is 9.06. The van der Waals surface area contributed by atoms with E-state index in [0.29, 0.717) is 5.56 Å². The van der Waals surface area contributed by atoms with E-state index in [2.05, 4.69) is 0 Å². The molecule has 0 aliphatic carbocycles. The van der Waals surface area contributed by atoms with Crippen molar-refractivity contribution in [3.8, 4) is 0 Å². The minimum atomic E-state index is -1.22. The molecule has 0 heterocycles. The van der Waals surface area contributed by atoms with Crippen molar-refractivity contribution in [1.82, 2.24) is 4.90 Å². The Morgan fingerprint density at radius 3 is 2.22 bits per heavy atom. The minimum Gasteiger partial charge on any atom is -0.477 e. The zero-order valence-corrected chi connectivity index (χ0v) is 11.0. The fraction of sp³-hybridized carbons (Fsp3) is 0.286. The number of aliphatic carboxylic acids is 1. The molecule has 0 radical (unpaired) electrons. The molecule has 96 valence electrons. The van der Waals surface area contributed by atoms with Crippen LogP contribution >= 0.6 is 0 Å². The van der Waals surface area contributed by atoms with Crippen LogP contribution in [0.2, 0.25) is 0 Å². The van der Waals surface area contributed by atoms with Gasteiger partial charge in [0.2, 0.25) is 5.78 Å². The Hall–Kier alpha value is -2.10. The largest absolute Gasteiger partial charge is 0.477 e. The maximum absolute atomic E-state index is 12.1. The zero-order chi connectivity index (χ0) is 13.9. The summed E-state index contributed by atoms with van der Waals surface area (Å²) < 4.78 is 0. The third-order valence-electron chi connectivity index (χ3n) is 2.63. The van der Waals surface area contributed by atoms with Gasteiger partial charge in [-0.25, -0.2) is 4.79 Å². The van der Waals surface area contributed by atoms with Gasteiger partial charge in [-0.15, -0.1) is 0 Å². The van der Waals surface area contributed by atoms with E-state index < -0.39 is 11.8 Å². The van der Waals surface area contributed by atoms with Gasteiger partial charge in [0.05, 0.1) is 0 Å². The van der Waals surface area contributed by atoms with Crippen molar-refractivity contribution in [2.24, 2.45) is 0 Å². The van der Waals surface area contributed by atoms with Crippen LogP contribution in [0.25, 0.3) is 0 Å². The first kappa shape index (κ1) is 14.0. The molecule has 0 atom stereocenters. The third-order valence-corrected chi connectivity index (χ3v) is 2.63. The maximum atomic E-state index is 12.1. The van der Waals surface area contributed by atoms with Gasteiger partial charge in [0, 0.05) is 25.9 Å². The van der Waals surface area contributed by atoms with Crippen molar-refractivity contribution in [3.63, 3.8) is 0 Å². The number of aryl methyl sites for hydroxylation is 2. The SMILES string of the molecule is Cc1ccc(C(=O)/C(=C/N(C)C)C(=O)O)cc1C. The highest BCUT2D eigenvalue weighted by Gasteiger charge is 2.19. The lowest BCUT2D eigenvalue weighted by molar-refractivity contribution is -0.132. The van der Waals surface area contributed by atoms with E-state index in [1.54, 1.807) is 31.1 Å². The Kier molecular flexibility index (Phi) is 4.26. The summed E-state index contributed by atoms with van der Waals surface area (Å²) in [6, 6.07) is 5.18. The van der Waals surface area contributed by atoms with Gasteiger partial charge in [0.1, 0.15) is 5.57 Å². The van der Waals surface area contributed by atoms with Crippen LogP contribution in [-0.4, -0.2) is 35.9 Å². The van der Waals surface area contributed by atoms with E-state index in [-0.39, 0.29) is 5.57 Å². The zero-order valence-electron chi connectivity index (χ0n) is 11.0. The van der Waals surface area contributed by atoms with Gasteiger partial charge in [-0.1, -0.05) is 12.1 Å². The van der Waals surface area contributed by atoms with E-state index in [1.807, 2.05) is 19.9 Å². The van der Waals surface area contributed by atoms with E-state index in [1.165, 1.54) is 6.20 Å². The Labute approximate surface area is 107 Å². The second-order valence-corrected chi connectivity index (χ2v) is 4.44. The number of carboxylic acid groups (broad SMARTS) is 1. The smallest absolute Gasteiger partial charge is 0.341 e. The normalized spacial score (nSPS) is 11.2. The number of benzene rings is 1. The number of hydrogen-bond acceptors (Lipinski definition) is 3. The van der Waals surface area contributed by atoms with Crippen LogP contribution in [0.1, 0.15) is 21.5 Å².